The van der Waals surface area contributed by atoms with Crippen molar-refractivity contribution in [3.8, 4) is 0 Å². The van der Waals surface area contributed by atoms with Gasteiger partial charge in [0.2, 0.25) is 0 Å². The molecule has 5 rings (SSSR count). The van der Waals surface area contributed by atoms with Crippen LogP contribution in [0.1, 0.15) is 72.1 Å². The summed E-state index contributed by atoms with van der Waals surface area (Å²) in [4.78, 5) is 25.1. The van der Waals surface area contributed by atoms with Crippen LogP contribution in [0.4, 0.5) is 11.5 Å². The van der Waals surface area contributed by atoms with Gasteiger partial charge < -0.3 is 10.3 Å². The number of nitrogen functional groups attached to an aromatic ring is 1. The Morgan fingerprint density at radius 1 is 1.23 bits per heavy atom. The van der Waals surface area contributed by atoms with Crippen LogP contribution < -0.4 is 5.73 Å². The molecule has 2 N–H and O–H groups in total. The number of carbonyl (C=O) groups excluding carboxylic acids is 1. The summed E-state index contributed by atoms with van der Waals surface area (Å²) in [6, 6.07) is 9.97. The second-order valence-electron chi connectivity index (χ2n) is 8.61. The summed E-state index contributed by atoms with van der Waals surface area (Å²) in [6.07, 6.45) is 4.80. The first-order valence-electron chi connectivity index (χ1n) is 10.2. The largest absolute Gasteiger partial charge is 0.384 e. The predicted octanol–water partition coefficient (Wildman–Crippen LogP) is 4.15. The number of ketones is 1. The molecule has 0 radical (unpaired) electrons. The smallest absolute Gasteiger partial charge is 0.182 e. The first kappa shape index (κ1) is 18.7. The van der Waals surface area contributed by atoms with E-state index in [4.69, 9.17) is 15.2 Å². The van der Waals surface area contributed by atoms with Crippen molar-refractivity contribution >= 4 is 23.0 Å². The number of nitrogens with two attached hydrogens (primary N) is 1. The van der Waals surface area contributed by atoms with Gasteiger partial charge in [0, 0.05) is 30.9 Å². The zero-order chi connectivity index (χ0) is 20.9. The number of hydrogen-bond acceptors (Lipinski definition) is 7. The van der Waals surface area contributed by atoms with E-state index in [1.54, 1.807) is 0 Å². The molecule has 1 aliphatic heterocycles. The molecule has 7 nitrogen and oxygen atoms in total. The number of aliphatic imine (C=N–C) groups is 1. The Labute approximate surface area is 174 Å². The first-order valence-corrected chi connectivity index (χ1v) is 10.2. The fourth-order valence-corrected chi connectivity index (χ4v) is 3.87. The maximum Gasteiger partial charge on any atom is 0.182 e. The van der Waals surface area contributed by atoms with Gasteiger partial charge in [0.05, 0.1) is 11.4 Å². The molecule has 1 atom stereocenters. The highest BCUT2D eigenvalue weighted by Gasteiger charge is 2.39. The lowest BCUT2D eigenvalue weighted by Crippen LogP contribution is -2.08. The van der Waals surface area contributed by atoms with Crippen LogP contribution in [0.25, 0.3) is 0 Å². The SMILES string of the molecule is C[C@@H](CC(=O)c1cc(N)ncn1)c1cc(C2=Nc3ccc(C4(C)CC4)cc3C2)no1. The summed E-state index contributed by atoms with van der Waals surface area (Å²) in [7, 11) is 0. The monoisotopic (exact) mass is 401 g/mol. The van der Waals surface area contributed by atoms with Crippen LogP contribution in [0.2, 0.25) is 0 Å². The Morgan fingerprint density at radius 2 is 2.07 bits per heavy atom. The predicted molar refractivity (Wildman–Crippen MR) is 113 cm³/mol. The van der Waals surface area contributed by atoms with E-state index in [-0.39, 0.29) is 23.9 Å². The normalized spacial score (nSPS) is 17.3. The highest BCUT2D eigenvalue weighted by molar-refractivity contribution is 6.05. The van der Waals surface area contributed by atoms with Crippen molar-refractivity contribution in [3.63, 3.8) is 0 Å². The minimum atomic E-state index is -0.138. The van der Waals surface area contributed by atoms with Gasteiger partial charge >= 0.3 is 0 Å². The maximum absolute atomic E-state index is 12.5. The van der Waals surface area contributed by atoms with E-state index in [1.165, 1.54) is 36.4 Å². The minimum Gasteiger partial charge on any atom is -0.384 e. The summed E-state index contributed by atoms with van der Waals surface area (Å²) in [5.41, 5.74) is 11.6. The van der Waals surface area contributed by atoms with Crippen molar-refractivity contribution in [2.75, 3.05) is 5.73 Å². The molecular formula is C23H23N5O2. The molecule has 3 aromatic rings. The molecule has 7 heteroatoms. The second kappa shape index (κ2) is 6.86. The molecule has 1 aliphatic carbocycles. The third-order valence-electron chi connectivity index (χ3n) is 6.16. The Balaban J connectivity index is 1.29. The number of fused-ring (bicyclic) bond motifs is 1. The summed E-state index contributed by atoms with van der Waals surface area (Å²) in [5, 5.41) is 4.22. The van der Waals surface area contributed by atoms with Gasteiger partial charge in [-0.15, -0.1) is 0 Å². The van der Waals surface area contributed by atoms with E-state index < -0.39 is 0 Å². The quantitative estimate of drug-likeness (QED) is 0.622. The first-order chi connectivity index (χ1) is 14.4. The Morgan fingerprint density at radius 3 is 2.83 bits per heavy atom. The molecule has 3 heterocycles. The van der Waals surface area contributed by atoms with Crippen molar-refractivity contribution < 1.29 is 9.32 Å². The number of anilines is 1. The zero-order valence-corrected chi connectivity index (χ0v) is 17.1. The lowest BCUT2D eigenvalue weighted by atomic mass is 9.95. The average Bonchev–Trinajstić information content (AvgIpc) is 3.16. The van der Waals surface area contributed by atoms with Crippen LogP contribution in [0.3, 0.4) is 0 Å². The number of carbonyl (C=O) groups is 1. The molecule has 2 aromatic heterocycles. The van der Waals surface area contributed by atoms with Crippen LogP contribution in [-0.4, -0.2) is 26.6 Å². The standard InChI is InChI=1S/C23H23N5O2/c1-13(7-20(29)19-11-22(24)26-12-25-19)21-10-18(28-30-21)17-9-14-8-15(23(2)5-6-23)3-4-16(14)27-17/h3-4,8,10-13H,5-7,9H2,1-2H3,(H2,24,25,26)/t13-/m0/s1. The Bertz CT molecular complexity index is 1180. The van der Waals surface area contributed by atoms with E-state index in [0.29, 0.717) is 16.9 Å². The van der Waals surface area contributed by atoms with Crippen LogP contribution in [0, 0.1) is 0 Å². The molecule has 1 fully saturated rings. The summed E-state index contributed by atoms with van der Waals surface area (Å²) in [5.74, 6) is 0.688. The van der Waals surface area contributed by atoms with Gasteiger partial charge in [0.15, 0.2) is 5.78 Å². The highest BCUT2D eigenvalue weighted by atomic mass is 16.5. The van der Waals surface area contributed by atoms with Gasteiger partial charge in [-0.05, 0) is 35.4 Å². The molecular weight excluding hydrogens is 378 g/mol. The Kier molecular flexibility index (Phi) is 4.27. The molecule has 0 bridgehead atoms. The molecule has 152 valence electrons. The fraction of sp³-hybridized carbons (Fsp3) is 0.348. The number of nitrogens with zero attached hydrogens (tertiary/aromatic N) is 4. The van der Waals surface area contributed by atoms with Crippen molar-refractivity contribution in [1.29, 1.82) is 0 Å². The average molecular weight is 401 g/mol. The van der Waals surface area contributed by atoms with E-state index >= 15 is 0 Å². The summed E-state index contributed by atoms with van der Waals surface area (Å²) in [6.45, 7) is 4.24. The van der Waals surface area contributed by atoms with E-state index in [1.807, 2.05) is 13.0 Å². The molecule has 0 unspecified atom stereocenters. The van der Waals surface area contributed by atoms with Crippen LogP contribution in [0.15, 0.2) is 46.2 Å². The fourth-order valence-electron chi connectivity index (χ4n) is 3.87. The van der Waals surface area contributed by atoms with E-state index in [0.717, 1.165) is 23.5 Å². The zero-order valence-electron chi connectivity index (χ0n) is 17.1. The van der Waals surface area contributed by atoms with E-state index in [9.17, 15) is 4.79 Å². The highest BCUT2D eigenvalue weighted by Crippen LogP contribution is 2.48. The third-order valence-corrected chi connectivity index (χ3v) is 6.16. The lowest BCUT2D eigenvalue weighted by Gasteiger charge is -2.09. The van der Waals surface area contributed by atoms with Gasteiger partial charge in [0.1, 0.15) is 29.3 Å². The van der Waals surface area contributed by atoms with Crippen molar-refractivity contribution in [3.05, 3.63) is 64.9 Å². The van der Waals surface area contributed by atoms with Crippen LogP contribution in [0.5, 0.6) is 0 Å². The van der Waals surface area contributed by atoms with Gasteiger partial charge in [0.25, 0.3) is 0 Å². The number of benzene rings is 1. The van der Waals surface area contributed by atoms with E-state index in [2.05, 4.69) is 40.2 Å². The van der Waals surface area contributed by atoms with Gasteiger partial charge in [-0.3, -0.25) is 9.79 Å². The maximum atomic E-state index is 12.5. The van der Waals surface area contributed by atoms with Gasteiger partial charge in [-0.1, -0.05) is 31.1 Å². The minimum absolute atomic E-state index is 0.110. The number of aromatic nitrogens is 3. The molecule has 0 saturated heterocycles. The van der Waals surface area contributed by atoms with Crippen molar-refractivity contribution in [2.45, 2.75) is 50.9 Å². The lowest BCUT2D eigenvalue weighted by molar-refractivity contribution is 0.0966. The molecule has 30 heavy (non-hydrogen) atoms. The van der Waals surface area contributed by atoms with Crippen LogP contribution in [-0.2, 0) is 11.8 Å². The van der Waals surface area contributed by atoms with Crippen molar-refractivity contribution in [2.24, 2.45) is 4.99 Å². The number of rotatable bonds is 6. The van der Waals surface area contributed by atoms with Gasteiger partial charge in [-0.2, -0.15) is 0 Å². The Hall–Kier alpha value is -3.35. The van der Waals surface area contributed by atoms with Gasteiger partial charge in [-0.25, -0.2) is 9.97 Å². The second-order valence-corrected chi connectivity index (χ2v) is 8.61. The number of Topliss-reactive ketones (excluding diaryl/α,β-unsaturated/α-hetero) is 1. The molecule has 1 aromatic carbocycles. The topological polar surface area (TPSA) is 107 Å². The summed E-state index contributed by atoms with van der Waals surface area (Å²) >= 11 is 0. The molecule has 0 amide bonds. The van der Waals surface area contributed by atoms with Crippen LogP contribution >= 0.6 is 0 Å². The molecule has 0 spiro atoms. The molecule has 1 saturated carbocycles. The molecule has 2 aliphatic rings. The summed E-state index contributed by atoms with van der Waals surface area (Å²) < 4.78 is 5.55. The van der Waals surface area contributed by atoms with Crippen molar-refractivity contribution in [1.82, 2.24) is 15.1 Å². The number of hydrogen-bond donors (Lipinski definition) is 1. The third kappa shape index (κ3) is 3.40.